The van der Waals surface area contributed by atoms with Gasteiger partial charge in [-0.05, 0) is 55.0 Å². The van der Waals surface area contributed by atoms with Crippen LogP contribution in [0.4, 0.5) is 0 Å². The first kappa shape index (κ1) is 14.6. The molecule has 1 N–H and O–H groups in total. The van der Waals surface area contributed by atoms with Crippen LogP contribution in [0, 0.1) is 5.92 Å². The van der Waals surface area contributed by atoms with Crippen molar-refractivity contribution < 1.29 is 0 Å². The lowest BCUT2D eigenvalue weighted by molar-refractivity contribution is 0.268. The molecule has 0 amide bonds. The Morgan fingerprint density at radius 1 is 0.905 bits per heavy atom. The number of nitrogens with one attached hydrogen (secondary N) is 1. The summed E-state index contributed by atoms with van der Waals surface area (Å²) in [5, 5.41) is 6.50. The fourth-order valence-corrected chi connectivity index (χ4v) is 3.74. The Balaban J connectivity index is 1.69. The van der Waals surface area contributed by atoms with E-state index in [0.717, 1.165) is 5.92 Å². The first-order valence-corrected chi connectivity index (χ1v) is 8.49. The minimum Gasteiger partial charge on any atom is -0.307 e. The Morgan fingerprint density at radius 2 is 1.62 bits per heavy atom. The van der Waals surface area contributed by atoms with E-state index in [0.29, 0.717) is 12.1 Å². The molecule has 2 atom stereocenters. The highest BCUT2D eigenvalue weighted by atomic mass is 14.9. The standard InChI is InChI=1S/C20H27N/c1-15(17-8-4-3-5-9-17)21-16(2)19-13-12-18-10-6-7-11-20(18)14-19/h6-7,10-17,21H,3-5,8-9H2,1-2H3/t15-,16?/m0/s1. The SMILES string of the molecule is CC(N[C@@H](C)C1CCCCC1)c1ccc2ccccc2c1. The van der Waals surface area contributed by atoms with E-state index in [1.807, 2.05) is 0 Å². The number of benzene rings is 2. The molecule has 0 saturated heterocycles. The van der Waals surface area contributed by atoms with Crippen LogP contribution in [0.2, 0.25) is 0 Å². The van der Waals surface area contributed by atoms with E-state index >= 15 is 0 Å². The van der Waals surface area contributed by atoms with Crippen molar-refractivity contribution >= 4 is 10.8 Å². The molecular formula is C20H27N. The van der Waals surface area contributed by atoms with Crippen molar-refractivity contribution in [1.29, 1.82) is 0 Å². The van der Waals surface area contributed by atoms with E-state index in [-0.39, 0.29) is 0 Å². The van der Waals surface area contributed by atoms with Crippen molar-refractivity contribution in [3.63, 3.8) is 0 Å². The molecule has 0 spiro atoms. The molecule has 1 unspecified atom stereocenters. The molecule has 21 heavy (non-hydrogen) atoms. The predicted octanol–water partition coefficient (Wildman–Crippen LogP) is 5.46. The van der Waals surface area contributed by atoms with Crippen LogP contribution < -0.4 is 5.32 Å². The quantitative estimate of drug-likeness (QED) is 0.784. The summed E-state index contributed by atoms with van der Waals surface area (Å²) in [6, 6.07) is 16.5. The highest BCUT2D eigenvalue weighted by molar-refractivity contribution is 5.83. The monoisotopic (exact) mass is 281 g/mol. The molecule has 2 aromatic rings. The summed E-state index contributed by atoms with van der Waals surface area (Å²) in [5.41, 5.74) is 1.40. The molecule has 0 aliphatic heterocycles. The Kier molecular flexibility index (Phi) is 4.60. The van der Waals surface area contributed by atoms with Crippen molar-refractivity contribution in [3.05, 3.63) is 48.0 Å². The van der Waals surface area contributed by atoms with E-state index in [1.54, 1.807) is 0 Å². The molecule has 1 heteroatoms. The molecule has 112 valence electrons. The Morgan fingerprint density at radius 3 is 2.38 bits per heavy atom. The van der Waals surface area contributed by atoms with Crippen molar-refractivity contribution in [3.8, 4) is 0 Å². The van der Waals surface area contributed by atoms with Gasteiger partial charge < -0.3 is 5.32 Å². The van der Waals surface area contributed by atoms with Crippen LogP contribution in [-0.4, -0.2) is 6.04 Å². The molecule has 2 aromatic carbocycles. The molecule has 0 aromatic heterocycles. The third kappa shape index (κ3) is 3.47. The summed E-state index contributed by atoms with van der Waals surface area (Å²) >= 11 is 0. The van der Waals surface area contributed by atoms with E-state index in [4.69, 9.17) is 0 Å². The van der Waals surface area contributed by atoms with E-state index in [2.05, 4.69) is 61.6 Å². The largest absolute Gasteiger partial charge is 0.307 e. The third-order valence-corrected chi connectivity index (χ3v) is 5.14. The fourth-order valence-electron chi connectivity index (χ4n) is 3.74. The first-order valence-electron chi connectivity index (χ1n) is 8.49. The molecule has 1 saturated carbocycles. The van der Waals surface area contributed by atoms with Gasteiger partial charge in [-0.2, -0.15) is 0 Å². The number of hydrogen-bond donors (Lipinski definition) is 1. The molecule has 0 bridgehead atoms. The van der Waals surface area contributed by atoms with Gasteiger partial charge in [0.2, 0.25) is 0 Å². The van der Waals surface area contributed by atoms with Gasteiger partial charge in [0.25, 0.3) is 0 Å². The minimum absolute atomic E-state index is 0.423. The van der Waals surface area contributed by atoms with Gasteiger partial charge in [0, 0.05) is 12.1 Å². The third-order valence-electron chi connectivity index (χ3n) is 5.14. The maximum Gasteiger partial charge on any atom is 0.0294 e. The normalized spacial score (nSPS) is 19.5. The lowest BCUT2D eigenvalue weighted by Crippen LogP contribution is -2.36. The van der Waals surface area contributed by atoms with Crippen LogP contribution in [-0.2, 0) is 0 Å². The van der Waals surface area contributed by atoms with Crippen LogP contribution in [0.1, 0.15) is 57.6 Å². The zero-order valence-corrected chi connectivity index (χ0v) is 13.3. The number of fused-ring (bicyclic) bond motifs is 1. The smallest absolute Gasteiger partial charge is 0.0294 e. The maximum absolute atomic E-state index is 3.83. The average Bonchev–Trinajstić information content (AvgIpc) is 2.55. The molecule has 0 heterocycles. The summed E-state index contributed by atoms with van der Waals surface area (Å²) in [6.45, 7) is 4.66. The Hall–Kier alpha value is -1.34. The van der Waals surface area contributed by atoms with Gasteiger partial charge in [-0.25, -0.2) is 0 Å². The van der Waals surface area contributed by atoms with Crippen molar-refractivity contribution in [2.45, 2.75) is 58.0 Å². The van der Waals surface area contributed by atoms with Gasteiger partial charge in [-0.3, -0.25) is 0 Å². The molecule has 3 rings (SSSR count). The van der Waals surface area contributed by atoms with Gasteiger partial charge >= 0.3 is 0 Å². The average molecular weight is 281 g/mol. The minimum atomic E-state index is 0.423. The van der Waals surface area contributed by atoms with Gasteiger partial charge in [0.1, 0.15) is 0 Å². The van der Waals surface area contributed by atoms with E-state index < -0.39 is 0 Å². The van der Waals surface area contributed by atoms with Crippen LogP contribution in [0.3, 0.4) is 0 Å². The lowest BCUT2D eigenvalue weighted by Gasteiger charge is -2.31. The second-order valence-corrected chi connectivity index (χ2v) is 6.68. The summed E-state index contributed by atoms with van der Waals surface area (Å²) in [6.07, 6.45) is 7.07. The van der Waals surface area contributed by atoms with Crippen LogP contribution >= 0.6 is 0 Å². The van der Waals surface area contributed by atoms with Crippen LogP contribution in [0.15, 0.2) is 42.5 Å². The van der Waals surface area contributed by atoms with Crippen LogP contribution in [0.25, 0.3) is 10.8 Å². The zero-order chi connectivity index (χ0) is 14.7. The van der Waals surface area contributed by atoms with Gasteiger partial charge in [0.05, 0.1) is 0 Å². The van der Waals surface area contributed by atoms with Gasteiger partial charge in [0.15, 0.2) is 0 Å². The van der Waals surface area contributed by atoms with Gasteiger partial charge in [-0.15, -0.1) is 0 Å². The number of rotatable bonds is 4. The maximum atomic E-state index is 3.83. The van der Waals surface area contributed by atoms with E-state index in [1.165, 1.54) is 48.4 Å². The summed E-state index contributed by atoms with van der Waals surface area (Å²) < 4.78 is 0. The summed E-state index contributed by atoms with van der Waals surface area (Å²) in [7, 11) is 0. The Bertz CT molecular complexity index is 583. The summed E-state index contributed by atoms with van der Waals surface area (Å²) in [4.78, 5) is 0. The topological polar surface area (TPSA) is 12.0 Å². The zero-order valence-electron chi connectivity index (χ0n) is 13.3. The molecule has 1 nitrogen and oxygen atoms in total. The van der Waals surface area contributed by atoms with Crippen molar-refractivity contribution in [2.75, 3.05) is 0 Å². The fraction of sp³-hybridized carbons (Fsp3) is 0.500. The second kappa shape index (κ2) is 6.62. The van der Waals surface area contributed by atoms with Gasteiger partial charge in [-0.1, -0.05) is 55.7 Å². The van der Waals surface area contributed by atoms with Crippen molar-refractivity contribution in [2.24, 2.45) is 5.92 Å². The number of hydrogen-bond acceptors (Lipinski definition) is 1. The second-order valence-electron chi connectivity index (χ2n) is 6.68. The summed E-state index contributed by atoms with van der Waals surface area (Å²) in [5.74, 6) is 0.863. The Labute approximate surface area is 128 Å². The molecule has 1 fully saturated rings. The molecule has 1 aliphatic rings. The first-order chi connectivity index (χ1) is 10.2. The highest BCUT2D eigenvalue weighted by Crippen LogP contribution is 2.28. The molecule has 0 radical (unpaired) electrons. The lowest BCUT2D eigenvalue weighted by atomic mass is 9.84. The van der Waals surface area contributed by atoms with E-state index in [9.17, 15) is 0 Å². The molecular weight excluding hydrogens is 254 g/mol. The van der Waals surface area contributed by atoms with Crippen molar-refractivity contribution in [1.82, 2.24) is 5.32 Å². The predicted molar refractivity (Wildman–Crippen MR) is 91.5 cm³/mol. The van der Waals surface area contributed by atoms with Crippen LogP contribution in [0.5, 0.6) is 0 Å². The highest BCUT2D eigenvalue weighted by Gasteiger charge is 2.21. The molecule has 1 aliphatic carbocycles.